The Morgan fingerprint density at radius 1 is 1.18 bits per heavy atom. The van der Waals surface area contributed by atoms with Crippen molar-refractivity contribution >= 4 is 32.4 Å². The van der Waals surface area contributed by atoms with E-state index < -0.39 is 0 Å². The monoisotopic (exact) mass is 319 g/mol. The molecule has 0 spiro atoms. The third-order valence-corrected chi connectivity index (χ3v) is 5.15. The SMILES string of the molecule is CCCN(CCC)c1cccc2nc(N3CCOCC3)sc12. The first-order chi connectivity index (χ1) is 10.8. The first-order valence-corrected chi connectivity index (χ1v) is 9.12. The molecule has 4 nitrogen and oxygen atoms in total. The molecule has 0 bridgehead atoms. The number of fused-ring (bicyclic) bond motifs is 1. The Morgan fingerprint density at radius 2 is 1.91 bits per heavy atom. The van der Waals surface area contributed by atoms with Gasteiger partial charge in [-0.3, -0.25) is 0 Å². The molecule has 0 amide bonds. The molecule has 0 aliphatic carbocycles. The summed E-state index contributed by atoms with van der Waals surface area (Å²) in [6, 6.07) is 6.52. The summed E-state index contributed by atoms with van der Waals surface area (Å²) in [6.07, 6.45) is 2.34. The third kappa shape index (κ3) is 3.20. The van der Waals surface area contributed by atoms with Crippen molar-refractivity contribution in [1.29, 1.82) is 0 Å². The van der Waals surface area contributed by atoms with Crippen molar-refractivity contribution < 1.29 is 4.74 Å². The highest BCUT2D eigenvalue weighted by Gasteiger charge is 2.18. The van der Waals surface area contributed by atoms with Crippen molar-refractivity contribution in [2.45, 2.75) is 26.7 Å². The van der Waals surface area contributed by atoms with Gasteiger partial charge in [-0.2, -0.15) is 0 Å². The highest BCUT2D eigenvalue weighted by Crippen LogP contribution is 2.36. The average Bonchev–Trinajstić information content (AvgIpc) is 2.99. The first-order valence-electron chi connectivity index (χ1n) is 8.30. The molecule has 1 aromatic heterocycles. The molecular weight excluding hydrogens is 294 g/mol. The fourth-order valence-corrected chi connectivity index (χ4v) is 4.11. The van der Waals surface area contributed by atoms with Crippen LogP contribution in [0.1, 0.15) is 26.7 Å². The van der Waals surface area contributed by atoms with E-state index in [0.717, 1.165) is 50.0 Å². The Hall–Kier alpha value is -1.33. The number of nitrogens with zero attached hydrogens (tertiary/aromatic N) is 3. The molecule has 22 heavy (non-hydrogen) atoms. The minimum Gasteiger partial charge on any atom is -0.378 e. The van der Waals surface area contributed by atoms with Crippen LogP contribution in [0.4, 0.5) is 10.8 Å². The van der Waals surface area contributed by atoms with Crippen molar-refractivity contribution in [2.75, 3.05) is 49.2 Å². The van der Waals surface area contributed by atoms with E-state index in [1.807, 2.05) is 11.3 Å². The number of ether oxygens (including phenoxy) is 1. The summed E-state index contributed by atoms with van der Waals surface area (Å²) in [4.78, 5) is 9.71. The lowest BCUT2D eigenvalue weighted by molar-refractivity contribution is 0.122. The van der Waals surface area contributed by atoms with Gasteiger partial charge in [0, 0.05) is 26.2 Å². The summed E-state index contributed by atoms with van der Waals surface area (Å²) >= 11 is 1.83. The number of benzene rings is 1. The number of rotatable bonds is 6. The molecule has 1 saturated heterocycles. The van der Waals surface area contributed by atoms with Gasteiger partial charge in [0.2, 0.25) is 0 Å². The summed E-state index contributed by atoms with van der Waals surface area (Å²) in [5, 5.41) is 1.14. The summed E-state index contributed by atoms with van der Waals surface area (Å²) in [7, 11) is 0. The highest BCUT2D eigenvalue weighted by molar-refractivity contribution is 7.22. The van der Waals surface area contributed by atoms with Crippen LogP contribution < -0.4 is 9.80 Å². The van der Waals surface area contributed by atoms with Gasteiger partial charge in [0.25, 0.3) is 0 Å². The molecule has 2 heterocycles. The van der Waals surface area contributed by atoms with Crippen LogP contribution >= 0.6 is 11.3 Å². The van der Waals surface area contributed by atoms with Crippen LogP contribution in [-0.4, -0.2) is 44.4 Å². The van der Waals surface area contributed by atoms with E-state index in [-0.39, 0.29) is 0 Å². The zero-order valence-corrected chi connectivity index (χ0v) is 14.4. The van der Waals surface area contributed by atoms with Crippen LogP contribution in [0.3, 0.4) is 0 Å². The minimum atomic E-state index is 0.806. The van der Waals surface area contributed by atoms with Crippen LogP contribution in [0.5, 0.6) is 0 Å². The van der Waals surface area contributed by atoms with E-state index in [4.69, 9.17) is 9.72 Å². The van der Waals surface area contributed by atoms with Gasteiger partial charge < -0.3 is 14.5 Å². The summed E-state index contributed by atoms with van der Waals surface area (Å²) in [5.41, 5.74) is 2.47. The summed E-state index contributed by atoms with van der Waals surface area (Å²) in [6.45, 7) is 10.2. The van der Waals surface area contributed by atoms with E-state index in [1.54, 1.807) is 0 Å². The zero-order valence-electron chi connectivity index (χ0n) is 13.5. The van der Waals surface area contributed by atoms with Gasteiger partial charge in [0.1, 0.15) is 0 Å². The molecule has 1 aromatic carbocycles. The number of anilines is 2. The molecule has 1 aliphatic rings. The van der Waals surface area contributed by atoms with Crippen LogP contribution in [-0.2, 0) is 4.74 Å². The van der Waals surface area contributed by atoms with Gasteiger partial charge in [-0.05, 0) is 25.0 Å². The van der Waals surface area contributed by atoms with Crippen molar-refractivity contribution in [3.05, 3.63) is 18.2 Å². The van der Waals surface area contributed by atoms with E-state index in [2.05, 4.69) is 41.8 Å². The maximum atomic E-state index is 5.45. The fourth-order valence-electron chi connectivity index (χ4n) is 2.95. The Kier molecular flexibility index (Phi) is 5.16. The number of hydrogen-bond acceptors (Lipinski definition) is 5. The van der Waals surface area contributed by atoms with Crippen molar-refractivity contribution in [2.24, 2.45) is 0 Å². The second kappa shape index (κ2) is 7.29. The molecule has 3 rings (SSSR count). The van der Waals surface area contributed by atoms with E-state index >= 15 is 0 Å². The second-order valence-electron chi connectivity index (χ2n) is 5.71. The van der Waals surface area contributed by atoms with Crippen LogP contribution in [0.15, 0.2) is 18.2 Å². The minimum absolute atomic E-state index is 0.806. The van der Waals surface area contributed by atoms with Crippen molar-refractivity contribution in [1.82, 2.24) is 4.98 Å². The van der Waals surface area contributed by atoms with Gasteiger partial charge in [-0.15, -0.1) is 0 Å². The quantitative estimate of drug-likeness (QED) is 0.810. The van der Waals surface area contributed by atoms with E-state index in [1.165, 1.54) is 23.2 Å². The average molecular weight is 319 g/mol. The molecule has 0 N–H and O–H groups in total. The first kappa shape index (κ1) is 15.6. The smallest absolute Gasteiger partial charge is 0.186 e. The number of aromatic nitrogens is 1. The van der Waals surface area contributed by atoms with Gasteiger partial charge in [-0.25, -0.2) is 4.98 Å². The molecule has 5 heteroatoms. The normalized spacial score (nSPS) is 15.5. The largest absolute Gasteiger partial charge is 0.378 e. The lowest BCUT2D eigenvalue weighted by Gasteiger charge is -2.26. The molecule has 0 radical (unpaired) electrons. The Balaban J connectivity index is 1.94. The number of thiazole rings is 1. The molecular formula is C17H25N3OS. The maximum absolute atomic E-state index is 5.45. The van der Waals surface area contributed by atoms with Crippen LogP contribution in [0.25, 0.3) is 10.2 Å². The molecule has 2 aromatic rings. The third-order valence-electron chi connectivity index (χ3n) is 3.99. The van der Waals surface area contributed by atoms with E-state index in [9.17, 15) is 0 Å². The molecule has 1 fully saturated rings. The van der Waals surface area contributed by atoms with Crippen molar-refractivity contribution in [3.8, 4) is 0 Å². The maximum Gasteiger partial charge on any atom is 0.186 e. The molecule has 120 valence electrons. The standard InChI is InChI=1S/C17H25N3OS/c1-3-8-19(9-4-2)15-7-5-6-14-16(15)22-17(18-14)20-10-12-21-13-11-20/h5-7H,3-4,8-13H2,1-2H3. The Morgan fingerprint density at radius 3 is 2.59 bits per heavy atom. The molecule has 0 saturated carbocycles. The predicted octanol–water partition coefficient (Wildman–Crippen LogP) is 3.76. The summed E-state index contributed by atoms with van der Waals surface area (Å²) < 4.78 is 6.77. The fraction of sp³-hybridized carbons (Fsp3) is 0.588. The van der Waals surface area contributed by atoms with Gasteiger partial charge in [0.15, 0.2) is 5.13 Å². The van der Waals surface area contributed by atoms with Crippen molar-refractivity contribution in [3.63, 3.8) is 0 Å². The Bertz CT molecular complexity index is 601. The van der Waals surface area contributed by atoms with Gasteiger partial charge in [-0.1, -0.05) is 31.3 Å². The zero-order chi connectivity index (χ0) is 15.4. The molecule has 1 aliphatic heterocycles. The lowest BCUT2D eigenvalue weighted by atomic mass is 10.2. The predicted molar refractivity (Wildman–Crippen MR) is 95.4 cm³/mol. The molecule has 0 unspecified atom stereocenters. The highest BCUT2D eigenvalue weighted by atomic mass is 32.1. The van der Waals surface area contributed by atoms with Gasteiger partial charge in [0.05, 0.1) is 29.1 Å². The number of morpholine rings is 1. The Labute approximate surface area is 136 Å². The van der Waals surface area contributed by atoms with Crippen LogP contribution in [0, 0.1) is 0 Å². The second-order valence-corrected chi connectivity index (χ2v) is 6.69. The van der Waals surface area contributed by atoms with Gasteiger partial charge >= 0.3 is 0 Å². The summed E-state index contributed by atoms with van der Waals surface area (Å²) in [5.74, 6) is 0. The van der Waals surface area contributed by atoms with Crippen LogP contribution in [0.2, 0.25) is 0 Å². The topological polar surface area (TPSA) is 28.6 Å². The number of hydrogen-bond donors (Lipinski definition) is 0. The lowest BCUT2D eigenvalue weighted by Crippen LogP contribution is -2.36. The molecule has 0 atom stereocenters. The van der Waals surface area contributed by atoms with E-state index in [0.29, 0.717) is 0 Å².